The lowest BCUT2D eigenvalue weighted by molar-refractivity contribution is -0.136. The maximum absolute atomic E-state index is 12.8. The zero-order chi connectivity index (χ0) is 18.7. The van der Waals surface area contributed by atoms with E-state index in [1.54, 1.807) is 12.1 Å². The van der Waals surface area contributed by atoms with Crippen molar-refractivity contribution in [3.8, 4) is 0 Å². The predicted molar refractivity (Wildman–Crippen MR) is 93.6 cm³/mol. The molecule has 0 aromatic heterocycles. The van der Waals surface area contributed by atoms with Gasteiger partial charge in [-0.15, -0.1) is 0 Å². The van der Waals surface area contributed by atoms with Crippen LogP contribution in [0.15, 0.2) is 18.2 Å². The van der Waals surface area contributed by atoms with Crippen LogP contribution in [-0.4, -0.2) is 53.7 Å². The van der Waals surface area contributed by atoms with Crippen LogP contribution in [0.2, 0.25) is 0 Å². The van der Waals surface area contributed by atoms with Crippen LogP contribution in [0.3, 0.4) is 0 Å². The molecule has 0 radical (unpaired) electrons. The molecule has 27 heavy (non-hydrogen) atoms. The fraction of sp³-hybridized carbons (Fsp3) is 0.474. The van der Waals surface area contributed by atoms with Crippen LogP contribution in [0.4, 0.5) is 0 Å². The van der Waals surface area contributed by atoms with Gasteiger partial charge >= 0.3 is 0 Å². The molecule has 3 fully saturated rings. The fourth-order valence-electron chi connectivity index (χ4n) is 4.58. The summed E-state index contributed by atoms with van der Waals surface area (Å²) in [7, 11) is 0. The Labute approximate surface area is 155 Å². The average molecular weight is 368 g/mol. The third-order valence-corrected chi connectivity index (χ3v) is 6.14. The molecule has 2 saturated heterocycles. The monoisotopic (exact) mass is 368 g/mol. The van der Waals surface area contributed by atoms with Crippen molar-refractivity contribution in [1.29, 1.82) is 0 Å². The number of rotatable bonds is 4. The molecule has 3 heterocycles. The number of hydrogen-bond acceptors (Lipinski definition) is 6. The highest BCUT2D eigenvalue weighted by Gasteiger charge is 2.52. The first-order valence-corrected chi connectivity index (χ1v) is 9.33. The van der Waals surface area contributed by atoms with Crippen molar-refractivity contribution in [3.63, 3.8) is 0 Å². The zero-order valence-electron chi connectivity index (χ0n) is 14.7. The van der Waals surface area contributed by atoms with Crippen LogP contribution < -0.4 is 16.0 Å². The van der Waals surface area contributed by atoms with Crippen molar-refractivity contribution in [2.75, 3.05) is 13.1 Å². The number of carbonyl (C=O) groups is 4. The lowest BCUT2D eigenvalue weighted by atomic mass is 10.0. The molecule has 8 nitrogen and oxygen atoms in total. The number of nitrogens with one attached hydrogen (secondary N) is 3. The maximum Gasteiger partial charge on any atom is 0.262 e. The van der Waals surface area contributed by atoms with Gasteiger partial charge in [0.15, 0.2) is 0 Å². The van der Waals surface area contributed by atoms with Gasteiger partial charge in [-0.3, -0.25) is 29.4 Å². The van der Waals surface area contributed by atoms with E-state index < -0.39 is 23.8 Å². The molecule has 140 valence electrons. The minimum atomic E-state index is -0.921. The van der Waals surface area contributed by atoms with E-state index >= 15 is 0 Å². The number of piperidine rings is 2. The topological polar surface area (TPSA) is 108 Å². The maximum atomic E-state index is 12.8. The number of benzene rings is 1. The molecule has 1 aromatic rings. The van der Waals surface area contributed by atoms with Crippen molar-refractivity contribution in [3.05, 3.63) is 34.9 Å². The summed E-state index contributed by atoms with van der Waals surface area (Å²) < 4.78 is 0. The summed E-state index contributed by atoms with van der Waals surface area (Å²) in [6, 6.07) is 4.85. The standard InChI is InChI=1S/C19H20N4O4/c24-15-4-3-14(17(25)22-15)23-18(26)10-2-1-9(5-11(10)19(23)27)6-21-16-12-7-20-8-13(12)16/h1-2,5,12-14,16,20-21H,3-4,6-8H2,(H,22,24,25). The second-order valence-corrected chi connectivity index (χ2v) is 7.72. The number of imide groups is 2. The highest BCUT2D eigenvalue weighted by Crippen LogP contribution is 2.41. The van der Waals surface area contributed by atoms with E-state index in [0.29, 0.717) is 35.5 Å². The second kappa shape index (κ2) is 5.97. The van der Waals surface area contributed by atoms with Gasteiger partial charge in [0.2, 0.25) is 11.8 Å². The van der Waals surface area contributed by atoms with E-state index in [9.17, 15) is 19.2 Å². The Kier molecular flexibility index (Phi) is 3.66. The molecule has 1 aromatic carbocycles. The van der Waals surface area contributed by atoms with Gasteiger partial charge in [-0.2, -0.15) is 0 Å². The minimum Gasteiger partial charge on any atom is -0.316 e. The van der Waals surface area contributed by atoms with E-state index in [-0.39, 0.29) is 18.7 Å². The molecule has 8 heteroatoms. The number of hydrogen-bond donors (Lipinski definition) is 3. The van der Waals surface area contributed by atoms with Crippen molar-refractivity contribution in [1.82, 2.24) is 20.9 Å². The molecule has 0 bridgehead atoms. The van der Waals surface area contributed by atoms with Gasteiger partial charge in [0.1, 0.15) is 6.04 Å². The number of carbonyl (C=O) groups excluding carboxylic acids is 4. The molecule has 3 aliphatic heterocycles. The van der Waals surface area contributed by atoms with Gasteiger partial charge in [0.05, 0.1) is 11.1 Å². The van der Waals surface area contributed by atoms with Crippen molar-refractivity contribution < 1.29 is 19.2 Å². The van der Waals surface area contributed by atoms with Crippen LogP contribution in [0, 0.1) is 11.8 Å². The summed E-state index contributed by atoms with van der Waals surface area (Å²) in [5.41, 5.74) is 1.60. The lowest BCUT2D eigenvalue weighted by Gasteiger charge is -2.27. The Bertz CT molecular complexity index is 872. The van der Waals surface area contributed by atoms with Gasteiger partial charge in [-0.05, 0) is 49.0 Å². The summed E-state index contributed by atoms with van der Waals surface area (Å²) in [5.74, 6) is -0.486. The van der Waals surface area contributed by atoms with Gasteiger partial charge in [0, 0.05) is 19.0 Å². The minimum absolute atomic E-state index is 0.123. The molecule has 3 unspecified atom stereocenters. The highest BCUT2D eigenvalue weighted by molar-refractivity contribution is 6.23. The van der Waals surface area contributed by atoms with Gasteiger partial charge in [0.25, 0.3) is 11.8 Å². The van der Waals surface area contributed by atoms with E-state index in [1.807, 2.05) is 6.07 Å². The Morgan fingerprint density at radius 1 is 1.04 bits per heavy atom. The molecule has 1 saturated carbocycles. The van der Waals surface area contributed by atoms with Gasteiger partial charge in [-0.25, -0.2) is 0 Å². The second-order valence-electron chi connectivity index (χ2n) is 7.72. The summed E-state index contributed by atoms with van der Waals surface area (Å²) in [5, 5.41) is 9.09. The number of fused-ring (bicyclic) bond motifs is 2. The normalized spacial score (nSPS) is 31.8. The molecule has 3 atom stereocenters. The molecular weight excluding hydrogens is 348 g/mol. The highest BCUT2D eigenvalue weighted by atomic mass is 16.2. The van der Waals surface area contributed by atoms with Crippen LogP contribution in [0.5, 0.6) is 0 Å². The SMILES string of the molecule is O=C1CCC(N2C(=O)c3ccc(CNC4C5CNCC54)cc3C2=O)C(=O)N1. The summed E-state index contributed by atoms with van der Waals surface area (Å²) >= 11 is 0. The summed E-state index contributed by atoms with van der Waals surface area (Å²) in [4.78, 5) is 49.9. The van der Waals surface area contributed by atoms with Gasteiger partial charge in [-0.1, -0.05) is 6.07 Å². The van der Waals surface area contributed by atoms with E-state index in [2.05, 4.69) is 16.0 Å². The molecule has 4 amide bonds. The smallest absolute Gasteiger partial charge is 0.262 e. The Hall–Kier alpha value is -2.58. The Morgan fingerprint density at radius 3 is 2.52 bits per heavy atom. The number of nitrogens with zero attached hydrogens (tertiary/aromatic N) is 1. The van der Waals surface area contributed by atoms with E-state index in [0.717, 1.165) is 23.6 Å². The van der Waals surface area contributed by atoms with Crippen molar-refractivity contribution >= 4 is 23.6 Å². The summed E-state index contributed by atoms with van der Waals surface area (Å²) in [6.07, 6.45) is 0.292. The van der Waals surface area contributed by atoms with Crippen LogP contribution >= 0.6 is 0 Å². The molecule has 4 aliphatic rings. The first kappa shape index (κ1) is 16.6. The molecule has 3 N–H and O–H groups in total. The lowest BCUT2D eigenvalue weighted by Crippen LogP contribution is -2.54. The van der Waals surface area contributed by atoms with Crippen LogP contribution in [0.1, 0.15) is 39.1 Å². The molecule has 0 spiro atoms. The first-order valence-electron chi connectivity index (χ1n) is 9.33. The molecular formula is C19H20N4O4. The van der Waals surface area contributed by atoms with Crippen molar-refractivity contribution in [2.45, 2.75) is 31.5 Å². The fourth-order valence-corrected chi connectivity index (χ4v) is 4.58. The van der Waals surface area contributed by atoms with Crippen molar-refractivity contribution in [2.24, 2.45) is 11.8 Å². The molecule has 5 rings (SSSR count). The average Bonchev–Trinajstić information content (AvgIpc) is 2.97. The summed E-state index contributed by atoms with van der Waals surface area (Å²) in [6.45, 7) is 2.76. The van der Waals surface area contributed by atoms with E-state index in [4.69, 9.17) is 0 Å². The predicted octanol–water partition coefficient (Wildman–Crippen LogP) is -0.605. The van der Waals surface area contributed by atoms with Crippen LogP contribution in [-0.2, 0) is 16.1 Å². The Morgan fingerprint density at radius 2 is 1.78 bits per heavy atom. The third kappa shape index (κ3) is 2.59. The largest absolute Gasteiger partial charge is 0.316 e. The first-order chi connectivity index (χ1) is 13.0. The third-order valence-electron chi connectivity index (χ3n) is 6.14. The van der Waals surface area contributed by atoms with Gasteiger partial charge < -0.3 is 10.6 Å². The van der Waals surface area contributed by atoms with Crippen LogP contribution in [0.25, 0.3) is 0 Å². The number of amides is 4. The molecule has 1 aliphatic carbocycles. The zero-order valence-corrected chi connectivity index (χ0v) is 14.7. The quantitative estimate of drug-likeness (QED) is 0.613. The Balaban J connectivity index is 1.32. The van der Waals surface area contributed by atoms with E-state index in [1.165, 1.54) is 0 Å².